The summed E-state index contributed by atoms with van der Waals surface area (Å²) < 4.78 is 7.02. The molecular weight excluding hydrogens is 346 g/mol. The fourth-order valence-electron chi connectivity index (χ4n) is 2.54. The monoisotopic (exact) mass is 371 g/mol. The fraction of sp³-hybridized carbons (Fsp3) is 0.350. The van der Waals surface area contributed by atoms with Gasteiger partial charge in [-0.3, -0.25) is 10.1 Å². The lowest BCUT2D eigenvalue weighted by atomic mass is 10.2. The number of aryl methyl sites for hydroxylation is 2. The number of carbonyl (C=O) groups excluding carboxylic acids is 3. The molecule has 7 nitrogen and oxygen atoms in total. The van der Waals surface area contributed by atoms with Crippen molar-refractivity contribution >= 4 is 17.9 Å². The molecule has 2 N–H and O–H groups in total. The summed E-state index contributed by atoms with van der Waals surface area (Å²) in [4.78, 5) is 35.2. The molecule has 1 aromatic carbocycles. The maximum Gasteiger partial charge on any atom is 0.338 e. The van der Waals surface area contributed by atoms with Crippen LogP contribution in [0.4, 0.5) is 4.79 Å². The zero-order valence-electron chi connectivity index (χ0n) is 16.0. The number of hydrogen-bond acceptors (Lipinski definition) is 4. The highest BCUT2D eigenvalue weighted by molar-refractivity contribution is 5.97. The van der Waals surface area contributed by atoms with E-state index in [-0.39, 0.29) is 5.92 Å². The molecule has 0 bridgehead atoms. The largest absolute Gasteiger partial charge is 0.452 e. The van der Waals surface area contributed by atoms with Crippen molar-refractivity contribution in [1.29, 1.82) is 0 Å². The molecule has 1 aromatic heterocycles. The molecule has 0 atom stereocenters. The quantitative estimate of drug-likeness (QED) is 0.764. The van der Waals surface area contributed by atoms with Crippen molar-refractivity contribution in [3.63, 3.8) is 0 Å². The Balaban J connectivity index is 1.87. The van der Waals surface area contributed by atoms with Crippen LogP contribution in [0.25, 0.3) is 5.69 Å². The predicted octanol–water partition coefficient (Wildman–Crippen LogP) is 2.73. The van der Waals surface area contributed by atoms with Gasteiger partial charge in [0.2, 0.25) is 0 Å². The normalized spacial score (nSPS) is 10.6. The summed E-state index contributed by atoms with van der Waals surface area (Å²) in [6.07, 6.45) is 0. The van der Waals surface area contributed by atoms with Gasteiger partial charge in [-0.2, -0.15) is 0 Å². The van der Waals surface area contributed by atoms with Crippen LogP contribution in [0.2, 0.25) is 0 Å². The van der Waals surface area contributed by atoms with Gasteiger partial charge in [0, 0.05) is 23.6 Å². The van der Waals surface area contributed by atoms with Crippen LogP contribution in [0, 0.1) is 19.8 Å². The van der Waals surface area contributed by atoms with E-state index in [2.05, 4.69) is 15.2 Å². The molecule has 3 amide bonds. The molecule has 0 radical (unpaired) electrons. The van der Waals surface area contributed by atoms with Crippen molar-refractivity contribution in [1.82, 2.24) is 15.2 Å². The highest BCUT2D eigenvalue weighted by Gasteiger charge is 2.13. The second kappa shape index (κ2) is 9.02. The summed E-state index contributed by atoms with van der Waals surface area (Å²) in [6, 6.07) is 10.4. The van der Waals surface area contributed by atoms with Crippen molar-refractivity contribution in [2.75, 3.05) is 13.2 Å². The van der Waals surface area contributed by atoms with E-state index >= 15 is 0 Å². The number of nitrogens with zero attached hydrogens (tertiary/aromatic N) is 1. The summed E-state index contributed by atoms with van der Waals surface area (Å²) in [7, 11) is 0. The van der Waals surface area contributed by atoms with Gasteiger partial charge in [-0.1, -0.05) is 13.8 Å². The van der Waals surface area contributed by atoms with Crippen LogP contribution >= 0.6 is 0 Å². The van der Waals surface area contributed by atoms with Gasteiger partial charge in [-0.05, 0) is 56.2 Å². The lowest BCUT2D eigenvalue weighted by Gasteiger charge is -2.11. The van der Waals surface area contributed by atoms with Gasteiger partial charge >= 0.3 is 12.0 Å². The Morgan fingerprint density at radius 2 is 1.59 bits per heavy atom. The second-order valence-corrected chi connectivity index (χ2v) is 6.73. The first kappa shape index (κ1) is 20.2. The molecular formula is C20H25N3O4. The molecule has 2 rings (SSSR count). The number of imide groups is 1. The number of ether oxygens (including phenoxy) is 1. The third kappa shape index (κ3) is 5.70. The minimum absolute atomic E-state index is 0.269. The number of hydrogen-bond donors (Lipinski definition) is 2. The van der Waals surface area contributed by atoms with E-state index in [9.17, 15) is 14.4 Å². The zero-order valence-corrected chi connectivity index (χ0v) is 16.0. The zero-order chi connectivity index (χ0) is 20.0. The summed E-state index contributed by atoms with van der Waals surface area (Å²) in [5.74, 6) is -1.04. The van der Waals surface area contributed by atoms with Gasteiger partial charge in [0.25, 0.3) is 5.91 Å². The molecule has 27 heavy (non-hydrogen) atoms. The minimum Gasteiger partial charge on any atom is -0.452 e. The number of nitrogens with one attached hydrogen (secondary N) is 2. The number of carbonyl (C=O) groups is 3. The standard InChI is InChI=1S/C20H25N3O4/c1-13(2)11-21-20(26)22-18(24)12-27-19(25)16-7-9-17(10-8-16)23-14(3)5-6-15(23)4/h5-10,13H,11-12H2,1-4H3,(H2,21,22,24,26). The molecule has 0 saturated carbocycles. The van der Waals surface area contributed by atoms with E-state index in [1.807, 2.05) is 52.0 Å². The Kier molecular flexibility index (Phi) is 6.76. The first-order valence-corrected chi connectivity index (χ1v) is 8.78. The van der Waals surface area contributed by atoms with E-state index in [4.69, 9.17) is 4.74 Å². The van der Waals surface area contributed by atoms with Crippen LogP contribution in [0.5, 0.6) is 0 Å². The molecule has 0 aliphatic carbocycles. The summed E-state index contributed by atoms with van der Waals surface area (Å²) in [5, 5.41) is 4.66. The van der Waals surface area contributed by atoms with Crippen LogP contribution in [0.3, 0.4) is 0 Å². The summed E-state index contributed by atoms with van der Waals surface area (Å²) in [5.41, 5.74) is 3.45. The second-order valence-electron chi connectivity index (χ2n) is 6.73. The number of aromatic nitrogens is 1. The van der Waals surface area contributed by atoms with Gasteiger partial charge in [0.05, 0.1) is 5.56 Å². The Bertz CT molecular complexity index is 803. The van der Waals surface area contributed by atoms with Crippen LogP contribution in [0.1, 0.15) is 35.6 Å². The SMILES string of the molecule is Cc1ccc(C)n1-c1ccc(C(=O)OCC(=O)NC(=O)NCC(C)C)cc1. The third-order valence-electron chi connectivity index (χ3n) is 3.89. The molecule has 1 heterocycles. The molecule has 7 heteroatoms. The molecule has 0 aliphatic rings. The average molecular weight is 371 g/mol. The molecule has 0 spiro atoms. The molecule has 0 fully saturated rings. The Labute approximate surface area is 158 Å². The molecule has 0 unspecified atom stereocenters. The number of rotatable bonds is 6. The maximum absolute atomic E-state index is 12.1. The van der Waals surface area contributed by atoms with Gasteiger partial charge in [-0.15, -0.1) is 0 Å². The van der Waals surface area contributed by atoms with Crippen LogP contribution in [-0.2, 0) is 9.53 Å². The topological polar surface area (TPSA) is 89.4 Å². The van der Waals surface area contributed by atoms with Gasteiger partial charge in [0.15, 0.2) is 6.61 Å². The molecule has 144 valence electrons. The first-order chi connectivity index (χ1) is 12.8. The number of benzene rings is 1. The Morgan fingerprint density at radius 1 is 1.00 bits per heavy atom. The third-order valence-corrected chi connectivity index (χ3v) is 3.89. The van der Waals surface area contributed by atoms with Crippen molar-refractivity contribution in [2.24, 2.45) is 5.92 Å². The van der Waals surface area contributed by atoms with Crippen molar-refractivity contribution in [3.05, 3.63) is 53.3 Å². The minimum atomic E-state index is -0.681. The van der Waals surface area contributed by atoms with Crippen LogP contribution in [0.15, 0.2) is 36.4 Å². The lowest BCUT2D eigenvalue weighted by molar-refractivity contribution is -0.123. The van der Waals surface area contributed by atoms with E-state index in [0.29, 0.717) is 12.1 Å². The molecule has 0 aliphatic heterocycles. The lowest BCUT2D eigenvalue weighted by Crippen LogP contribution is -2.42. The highest BCUT2D eigenvalue weighted by atomic mass is 16.5. The maximum atomic E-state index is 12.1. The number of esters is 1. The van der Waals surface area contributed by atoms with Gasteiger partial charge in [-0.25, -0.2) is 9.59 Å². The molecule has 2 aromatic rings. The van der Waals surface area contributed by atoms with E-state index in [1.165, 1.54) is 0 Å². The van der Waals surface area contributed by atoms with Crippen molar-refractivity contribution in [3.8, 4) is 5.69 Å². The average Bonchev–Trinajstić information content (AvgIpc) is 2.96. The van der Waals surface area contributed by atoms with E-state index in [1.54, 1.807) is 12.1 Å². The van der Waals surface area contributed by atoms with Crippen molar-refractivity contribution < 1.29 is 19.1 Å². The van der Waals surface area contributed by atoms with Crippen molar-refractivity contribution in [2.45, 2.75) is 27.7 Å². The number of urea groups is 1. The Hall–Kier alpha value is -3.09. The van der Waals surface area contributed by atoms with Gasteiger partial charge in [0.1, 0.15) is 0 Å². The summed E-state index contributed by atoms with van der Waals surface area (Å²) >= 11 is 0. The Morgan fingerprint density at radius 3 is 2.15 bits per heavy atom. The van der Waals surface area contributed by atoms with Gasteiger partial charge < -0.3 is 14.6 Å². The highest BCUT2D eigenvalue weighted by Crippen LogP contribution is 2.17. The first-order valence-electron chi connectivity index (χ1n) is 8.78. The fourth-order valence-corrected chi connectivity index (χ4v) is 2.54. The summed E-state index contributed by atoms with van der Waals surface area (Å²) in [6.45, 7) is 7.81. The van der Waals surface area contributed by atoms with E-state index in [0.717, 1.165) is 17.1 Å². The number of amides is 3. The van der Waals surface area contributed by atoms with Crippen LogP contribution in [-0.4, -0.2) is 35.6 Å². The predicted molar refractivity (Wildman–Crippen MR) is 102 cm³/mol. The van der Waals surface area contributed by atoms with E-state index < -0.39 is 24.5 Å². The molecule has 0 saturated heterocycles. The van der Waals surface area contributed by atoms with Crippen LogP contribution < -0.4 is 10.6 Å². The smallest absolute Gasteiger partial charge is 0.338 e.